The predicted octanol–water partition coefficient (Wildman–Crippen LogP) is 4.17. The lowest BCUT2D eigenvalue weighted by Crippen LogP contribution is -2.31. The Bertz CT molecular complexity index is 370. The van der Waals surface area contributed by atoms with Gasteiger partial charge in [0.2, 0.25) is 0 Å². The highest BCUT2D eigenvalue weighted by Gasteiger charge is 2.18. The second-order valence-electron chi connectivity index (χ2n) is 5.52. The van der Waals surface area contributed by atoms with Crippen LogP contribution in [-0.4, -0.2) is 26.8 Å². The Labute approximate surface area is 128 Å². The summed E-state index contributed by atoms with van der Waals surface area (Å²) in [5, 5.41) is 4.38. The van der Waals surface area contributed by atoms with E-state index in [1.54, 1.807) is 7.11 Å². The molecule has 114 valence electrons. The van der Waals surface area contributed by atoms with E-state index in [0.717, 1.165) is 31.1 Å². The van der Waals surface area contributed by atoms with Crippen LogP contribution in [-0.2, 0) is 11.2 Å². The van der Waals surface area contributed by atoms with E-state index < -0.39 is 0 Å². The smallest absolute Gasteiger partial charge is 0.0587 e. The zero-order valence-corrected chi connectivity index (χ0v) is 13.7. The molecule has 0 saturated heterocycles. The zero-order valence-electron chi connectivity index (χ0n) is 13.0. The van der Waals surface area contributed by atoms with Crippen molar-refractivity contribution >= 4 is 11.6 Å². The lowest BCUT2D eigenvalue weighted by Gasteiger charge is -2.25. The number of ether oxygens (including phenoxy) is 1. The molecule has 0 aliphatic rings. The quantitative estimate of drug-likeness (QED) is 0.654. The van der Waals surface area contributed by atoms with Gasteiger partial charge in [-0.05, 0) is 36.4 Å². The van der Waals surface area contributed by atoms with Gasteiger partial charge >= 0.3 is 0 Å². The molecule has 0 fully saturated rings. The Morgan fingerprint density at radius 1 is 1.30 bits per heavy atom. The molecular weight excluding hydrogens is 270 g/mol. The number of nitrogens with one attached hydrogen (secondary N) is 1. The maximum absolute atomic E-state index is 6.29. The van der Waals surface area contributed by atoms with Crippen LogP contribution in [0.3, 0.4) is 0 Å². The molecule has 0 saturated carbocycles. The van der Waals surface area contributed by atoms with Crippen LogP contribution in [0.1, 0.15) is 32.3 Å². The van der Waals surface area contributed by atoms with E-state index >= 15 is 0 Å². The van der Waals surface area contributed by atoms with Crippen LogP contribution < -0.4 is 5.32 Å². The number of hydrogen-bond acceptors (Lipinski definition) is 2. The lowest BCUT2D eigenvalue weighted by molar-refractivity contribution is 0.195. The second-order valence-corrected chi connectivity index (χ2v) is 5.93. The van der Waals surface area contributed by atoms with Crippen LogP contribution in [0.2, 0.25) is 5.02 Å². The van der Waals surface area contributed by atoms with Gasteiger partial charge in [-0.2, -0.15) is 0 Å². The van der Waals surface area contributed by atoms with E-state index in [0.29, 0.717) is 11.8 Å². The molecule has 0 radical (unpaired) electrons. The molecule has 1 aromatic rings. The van der Waals surface area contributed by atoms with Crippen molar-refractivity contribution in [1.82, 2.24) is 5.32 Å². The molecule has 0 bridgehead atoms. The summed E-state index contributed by atoms with van der Waals surface area (Å²) in [5.41, 5.74) is 1.26. The van der Waals surface area contributed by atoms with Gasteiger partial charge in [-0.15, -0.1) is 0 Å². The number of rotatable bonds is 10. The highest BCUT2D eigenvalue weighted by Crippen LogP contribution is 2.25. The Balaban J connectivity index is 2.59. The van der Waals surface area contributed by atoms with Gasteiger partial charge in [0.25, 0.3) is 0 Å². The minimum atomic E-state index is 0.617. The van der Waals surface area contributed by atoms with Gasteiger partial charge in [0.05, 0.1) is 6.61 Å². The summed E-state index contributed by atoms with van der Waals surface area (Å²) in [6, 6.07) is 8.19. The maximum atomic E-state index is 6.29. The summed E-state index contributed by atoms with van der Waals surface area (Å²) in [5.74, 6) is 1.32. The standard InChI is InChI=1S/C17H28ClNO/c1-4-7-14(2)16(13-19-10-11-20-3)12-15-8-5-6-9-17(15)18/h5-6,8-9,14,16,19H,4,7,10-13H2,1-3H3. The highest BCUT2D eigenvalue weighted by molar-refractivity contribution is 6.31. The van der Waals surface area contributed by atoms with Crippen LogP contribution >= 0.6 is 11.6 Å². The summed E-state index contributed by atoms with van der Waals surface area (Å²) in [6.07, 6.45) is 3.54. The van der Waals surface area contributed by atoms with Crippen molar-refractivity contribution in [2.75, 3.05) is 26.8 Å². The first kappa shape index (κ1) is 17.5. The van der Waals surface area contributed by atoms with Crippen molar-refractivity contribution < 1.29 is 4.74 Å². The SMILES string of the molecule is CCCC(C)C(CNCCOC)Cc1ccccc1Cl. The van der Waals surface area contributed by atoms with Crippen LogP contribution in [0.5, 0.6) is 0 Å². The van der Waals surface area contributed by atoms with Crippen LogP contribution in [0.4, 0.5) is 0 Å². The number of halogens is 1. The number of benzene rings is 1. The van der Waals surface area contributed by atoms with E-state index in [1.165, 1.54) is 18.4 Å². The van der Waals surface area contributed by atoms with Crippen LogP contribution in [0.25, 0.3) is 0 Å². The Hall–Kier alpha value is -0.570. The molecule has 3 heteroatoms. The van der Waals surface area contributed by atoms with E-state index in [2.05, 4.69) is 31.3 Å². The fraction of sp³-hybridized carbons (Fsp3) is 0.647. The summed E-state index contributed by atoms with van der Waals surface area (Å²) in [6.45, 7) is 7.30. The molecule has 0 heterocycles. The third-order valence-corrected chi connectivity index (χ3v) is 4.25. The van der Waals surface area contributed by atoms with Gasteiger partial charge in [-0.25, -0.2) is 0 Å². The van der Waals surface area contributed by atoms with E-state index in [9.17, 15) is 0 Å². The topological polar surface area (TPSA) is 21.3 Å². The van der Waals surface area contributed by atoms with E-state index in [-0.39, 0.29) is 0 Å². The normalized spacial score (nSPS) is 14.2. The van der Waals surface area contributed by atoms with Gasteiger partial charge < -0.3 is 10.1 Å². The minimum Gasteiger partial charge on any atom is -0.383 e. The maximum Gasteiger partial charge on any atom is 0.0587 e. The number of methoxy groups -OCH3 is 1. The molecule has 1 N–H and O–H groups in total. The van der Waals surface area contributed by atoms with Crippen molar-refractivity contribution in [2.45, 2.75) is 33.1 Å². The molecule has 0 aliphatic heterocycles. The van der Waals surface area contributed by atoms with Gasteiger partial charge in [0.15, 0.2) is 0 Å². The highest BCUT2D eigenvalue weighted by atomic mass is 35.5. The Morgan fingerprint density at radius 3 is 2.70 bits per heavy atom. The third kappa shape index (κ3) is 6.25. The summed E-state index contributed by atoms with van der Waals surface area (Å²) < 4.78 is 5.09. The first-order valence-corrected chi connectivity index (χ1v) is 7.99. The van der Waals surface area contributed by atoms with Crippen LogP contribution in [0, 0.1) is 11.8 Å². The zero-order chi connectivity index (χ0) is 14.8. The summed E-state index contributed by atoms with van der Waals surface area (Å²) in [7, 11) is 1.74. The molecule has 0 spiro atoms. The fourth-order valence-electron chi connectivity index (χ4n) is 2.57. The average molecular weight is 298 g/mol. The molecule has 20 heavy (non-hydrogen) atoms. The van der Waals surface area contributed by atoms with Crippen molar-refractivity contribution in [2.24, 2.45) is 11.8 Å². The van der Waals surface area contributed by atoms with Gasteiger partial charge in [-0.1, -0.05) is 56.5 Å². The molecule has 0 aromatic heterocycles. The minimum absolute atomic E-state index is 0.617. The molecule has 1 rings (SSSR count). The van der Waals surface area contributed by atoms with Gasteiger partial charge in [0.1, 0.15) is 0 Å². The van der Waals surface area contributed by atoms with Gasteiger partial charge in [0, 0.05) is 18.7 Å². The average Bonchev–Trinajstić information content (AvgIpc) is 2.44. The van der Waals surface area contributed by atoms with Gasteiger partial charge in [-0.3, -0.25) is 0 Å². The molecule has 0 amide bonds. The summed E-state index contributed by atoms with van der Waals surface area (Å²) >= 11 is 6.29. The van der Waals surface area contributed by atoms with Crippen LogP contribution in [0.15, 0.2) is 24.3 Å². The molecule has 2 atom stereocenters. The Morgan fingerprint density at radius 2 is 2.05 bits per heavy atom. The predicted molar refractivity (Wildman–Crippen MR) is 87.5 cm³/mol. The second kappa shape index (κ2) is 10.2. The Kier molecular flexibility index (Phi) is 8.92. The monoisotopic (exact) mass is 297 g/mol. The van der Waals surface area contributed by atoms with E-state index in [1.807, 2.05) is 12.1 Å². The van der Waals surface area contributed by atoms with Crippen molar-refractivity contribution in [3.05, 3.63) is 34.9 Å². The van der Waals surface area contributed by atoms with E-state index in [4.69, 9.17) is 16.3 Å². The number of hydrogen-bond donors (Lipinski definition) is 1. The third-order valence-electron chi connectivity index (χ3n) is 3.88. The van der Waals surface area contributed by atoms with Crippen molar-refractivity contribution in [3.63, 3.8) is 0 Å². The first-order valence-electron chi connectivity index (χ1n) is 7.62. The van der Waals surface area contributed by atoms with Crippen molar-refractivity contribution in [1.29, 1.82) is 0 Å². The molecular formula is C17H28ClNO. The molecule has 2 nitrogen and oxygen atoms in total. The van der Waals surface area contributed by atoms with Crippen molar-refractivity contribution in [3.8, 4) is 0 Å². The molecule has 1 aromatic carbocycles. The first-order chi connectivity index (χ1) is 9.69. The fourth-order valence-corrected chi connectivity index (χ4v) is 2.79. The largest absolute Gasteiger partial charge is 0.383 e. The molecule has 2 unspecified atom stereocenters. The summed E-state index contributed by atoms with van der Waals surface area (Å²) in [4.78, 5) is 0. The lowest BCUT2D eigenvalue weighted by atomic mass is 9.85. The molecule has 0 aliphatic carbocycles.